The van der Waals surface area contributed by atoms with Gasteiger partial charge in [0.25, 0.3) is 0 Å². The van der Waals surface area contributed by atoms with E-state index in [9.17, 15) is 22.8 Å². The first-order chi connectivity index (χ1) is 11.2. The predicted octanol–water partition coefficient (Wildman–Crippen LogP) is 3.57. The van der Waals surface area contributed by atoms with Gasteiger partial charge in [-0.2, -0.15) is 13.2 Å². The van der Waals surface area contributed by atoms with E-state index in [1.165, 1.54) is 18.2 Å². The molecule has 2 rings (SSSR count). The van der Waals surface area contributed by atoms with Crippen LogP contribution < -0.4 is 5.32 Å². The van der Waals surface area contributed by atoms with E-state index < -0.39 is 29.5 Å². The smallest absolute Gasteiger partial charge is 0.416 e. The molecule has 0 saturated heterocycles. The summed E-state index contributed by atoms with van der Waals surface area (Å²) >= 11 is 0. The van der Waals surface area contributed by atoms with Crippen LogP contribution in [-0.4, -0.2) is 23.0 Å². The Labute approximate surface area is 138 Å². The van der Waals surface area contributed by atoms with E-state index in [0.29, 0.717) is 19.3 Å². The summed E-state index contributed by atoms with van der Waals surface area (Å²) in [5.41, 5.74) is -0.632. The number of aliphatic carboxylic acids is 1. The molecule has 1 aromatic rings. The zero-order chi connectivity index (χ0) is 17.9. The number of alkyl halides is 3. The lowest BCUT2D eigenvalue weighted by Crippen LogP contribution is -2.34. The fourth-order valence-electron chi connectivity index (χ4n) is 3.20. The van der Waals surface area contributed by atoms with E-state index in [-0.39, 0.29) is 23.9 Å². The second-order valence-electron chi connectivity index (χ2n) is 6.30. The van der Waals surface area contributed by atoms with E-state index >= 15 is 0 Å². The zero-order valence-electron chi connectivity index (χ0n) is 13.3. The topological polar surface area (TPSA) is 66.4 Å². The number of benzene rings is 1. The van der Waals surface area contributed by atoms with Crippen molar-refractivity contribution in [2.45, 2.75) is 50.7 Å². The number of nitrogens with one attached hydrogen (secondary N) is 1. The Kier molecular flexibility index (Phi) is 5.51. The minimum atomic E-state index is -4.46. The van der Waals surface area contributed by atoms with Crippen molar-refractivity contribution in [1.29, 1.82) is 0 Å². The molecule has 1 aliphatic carbocycles. The van der Waals surface area contributed by atoms with Crippen LogP contribution in [0.2, 0.25) is 0 Å². The lowest BCUT2D eigenvalue weighted by molar-refractivity contribution is -0.141. The molecule has 4 nitrogen and oxygen atoms in total. The monoisotopic (exact) mass is 343 g/mol. The summed E-state index contributed by atoms with van der Waals surface area (Å²) in [5, 5.41) is 11.7. The molecule has 0 aliphatic heterocycles. The molecule has 7 heteroatoms. The number of rotatable bonds is 5. The molecule has 1 aromatic carbocycles. The first-order valence-electron chi connectivity index (χ1n) is 7.86. The van der Waals surface area contributed by atoms with Gasteiger partial charge in [-0.3, -0.25) is 9.59 Å². The molecule has 24 heavy (non-hydrogen) atoms. The predicted molar refractivity (Wildman–Crippen MR) is 81.4 cm³/mol. The Morgan fingerprint density at radius 1 is 1.29 bits per heavy atom. The number of carbonyl (C=O) groups excluding carboxylic acids is 1. The van der Waals surface area contributed by atoms with Gasteiger partial charge in [0.15, 0.2) is 0 Å². The highest BCUT2D eigenvalue weighted by atomic mass is 19.4. The number of carboxylic acids is 1. The normalized spacial score (nSPS) is 22.2. The lowest BCUT2D eigenvalue weighted by Gasteiger charge is -2.19. The molecule has 1 amide bonds. The summed E-state index contributed by atoms with van der Waals surface area (Å²) in [6.45, 7) is 1.58. The number of carboxylic acid groups (broad SMARTS) is 1. The van der Waals surface area contributed by atoms with Crippen LogP contribution in [0.25, 0.3) is 0 Å². The molecule has 1 fully saturated rings. The second-order valence-corrected chi connectivity index (χ2v) is 6.30. The van der Waals surface area contributed by atoms with Crippen molar-refractivity contribution >= 4 is 11.9 Å². The van der Waals surface area contributed by atoms with Gasteiger partial charge in [-0.15, -0.1) is 0 Å². The molecule has 0 spiro atoms. The lowest BCUT2D eigenvalue weighted by atomic mass is 9.92. The summed E-state index contributed by atoms with van der Waals surface area (Å²) in [6.07, 6.45) is -3.07. The van der Waals surface area contributed by atoms with Crippen LogP contribution in [-0.2, 0) is 15.8 Å². The fraction of sp³-hybridized carbons (Fsp3) is 0.529. The SMILES string of the molecule is CC(CC(=O)N[C@H]1CC[C@@H](C(=O)O)C1)c1ccccc1C(F)(F)F. The molecular weight excluding hydrogens is 323 g/mol. The van der Waals surface area contributed by atoms with Crippen molar-refractivity contribution in [3.63, 3.8) is 0 Å². The third-order valence-electron chi connectivity index (χ3n) is 4.44. The summed E-state index contributed by atoms with van der Waals surface area (Å²) in [7, 11) is 0. The van der Waals surface area contributed by atoms with Gasteiger partial charge in [-0.25, -0.2) is 0 Å². The Hall–Kier alpha value is -2.05. The quantitative estimate of drug-likeness (QED) is 0.859. The number of halogens is 3. The standard InChI is InChI=1S/C17H20F3NO3/c1-10(13-4-2-3-5-14(13)17(18,19)20)8-15(22)21-12-7-6-11(9-12)16(23)24/h2-5,10-12H,6-9H2,1H3,(H,21,22)(H,23,24)/t10?,11-,12+/m1/s1. The van der Waals surface area contributed by atoms with Gasteiger partial charge in [-0.05, 0) is 36.8 Å². The summed E-state index contributed by atoms with van der Waals surface area (Å²) in [5.74, 6) is -2.27. The maximum atomic E-state index is 13.0. The molecule has 0 radical (unpaired) electrons. The zero-order valence-corrected chi connectivity index (χ0v) is 13.3. The van der Waals surface area contributed by atoms with E-state index in [2.05, 4.69) is 5.32 Å². The van der Waals surface area contributed by atoms with Gasteiger partial charge >= 0.3 is 12.1 Å². The second kappa shape index (κ2) is 7.23. The van der Waals surface area contributed by atoms with Crippen LogP contribution in [0.1, 0.15) is 49.7 Å². The summed E-state index contributed by atoms with van der Waals surface area (Å²) in [4.78, 5) is 23.0. The molecule has 0 bridgehead atoms. The third-order valence-corrected chi connectivity index (χ3v) is 4.44. The number of carbonyl (C=O) groups is 2. The van der Waals surface area contributed by atoms with Gasteiger partial charge in [-0.1, -0.05) is 25.1 Å². The molecular formula is C17H20F3NO3. The Morgan fingerprint density at radius 2 is 1.96 bits per heavy atom. The number of hydrogen-bond acceptors (Lipinski definition) is 2. The minimum Gasteiger partial charge on any atom is -0.481 e. The van der Waals surface area contributed by atoms with Gasteiger partial charge < -0.3 is 10.4 Å². The van der Waals surface area contributed by atoms with E-state index in [1.807, 2.05) is 0 Å². The summed E-state index contributed by atoms with van der Waals surface area (Å²) < 4.78 is 39.1. The average Bonchev–Trinajstić information content (AvgIpc) is 2.95. The van der Waals surface area contributed by atoms with Gasteiger partial charge in [0.05, 0.1) is 11.5 Å². The minimum absolute atomic E-state index is 0.0681. The highest BCUT2D eigenvalue weighted by Crippen LogP contribution is 2.36. The number of hydrogen-bond donors (Lipinski definition) is 2. The van der Waals surface area contributed by atoms with Crippen LogP contribution in [0.15, 0.2) is 24.3 Å². The van der Waals surface area contributed by atoms with Gasteiger partial charge in [0, 0.05) is 12.5 Å². The van der Waals surface area contributed by atoms with Crippen molar-refractivity contribution in [2.75, 3.05) is 0 Å². The first-order valence-corrected chi connectivity index (χ1v) is 7.86. The molecule has 1 aliphatic rings. The van der Waals surface area contributed by atoms with Crippen molar-refractivity contribution in [1.82, 2.24) is 5.32 Å². The Morgan fingerprint density at radius 3 is 2.54 bits per heavy atom. The highest BCUT2D eigenvalue weighted by molar-refractivity contribution is 5.77. The average molecular weight is 343 g/mol. The van der Waals surface area contributed by atoms with Crippen LogP contribution in [0.4, 0.5) is 13.2 Å². The molecule has 2 N–H and O–H groups in total. The maximum absolute atomic E-state index is 13.0. The van der Waals surface area contributed by atoms with Crippen LogP contribution >= 0.6 is 0 Å². The van der Waals surface area contributed by atoms with Gasteiger partial charge in [0.1, 0.15) is 0 Å². The molecule has 132 valence electrons. The van der Waals surface area contributed by atoms with Crippen molar-refractivity contribution in [3.05, 3.63) is 35.4 Å². The highest BCUT2D eigenvalue weighted by Gasteiger charge is 2.35. The molecule has 3 atom stereocenters. The molecule has 0 heterocycles. The van der Waals surface area contributed by atoms with Crippen molar-refractivity contribution in [2.24, 2.45) is 5.92 Å². The van der Waals surface area contributed by atoms with Crippen molar-refractivity contribution < 1.29 is 27.9 Å². The van der Waals surface area contributed by atoms with Crippen LogP contribution in [0.5, 0.6) is 0 Å². The maximum Gasteiger partial charge on any atom is 0.416 e. The Bertz CT molecular complexity index is 615. The number of amides is 1. The van der Waals surface area contributed by atoms with E-state index in [1.54, 1.807) is 6.92 Å². The van der Waals surface area contributed by atoms with Crippen LogP contribution in [0, 0.1) is 5.92 Å². The first kappa shape index (κ1) is 18.3. The van der Waals surface area contributed by atoms with Crippen LogP contribution in [0.3, 0.4) is 0 Å². The largest absolute Gasteiger partial charge is 0.481 e. The molecule has 1 saturated carbocycles. The van der Waals surface area contributed by atoms with E-state index in [4.69, 9.17) is 5.11 Å². The van der Waals surface area contributed by atoms with Gasteiger partial charge in [0.2, 0.25) is 5.91 Å². The third kappa shape index (κ3) is 4.49. The fourth-order valence-corrected chi connectivity index (χ4v) is 3.20. The molecule has 0 aromatic heterocycles. The summed E-state index contributed by atoms with van der Waals surface area (Å²) in [6, 6.07) is 5.02. The van der Waals surface area contributed by atoms with Crippen molar-refractivity contribution in [3.8, 4) is 0 Å². The molecule has 1 unspecified atom stereocenters. The van der Waals surface area contributed by atoms with E-state index in [0.717, 1.165) is 6.07 Å². The Balaban J connectivity index is 1.97.